The van der Waals surface area contributed by atoms with Crippen molar-refractivity contribution in [3.63, 3.8) is 0 Å². The zero-order chi connectivity index (χ0) is 23.0. The van der Waals surface area contributed by atoms with E-state index in [9.17, 15) is 14.0 Å². The van der Waals surface area contributed by atoms with E-state index in [0.717, 1.165) is 76.1 Å². The standard InChI is InChI=1S/C25H34FN3O4/c1-18(30)29-17-25(22-14-20(26)2-3-23(22)29)7-11-27(12-8-25)15-19-4-9-28(10-5-19)24(31)33-21-6-13-32-16-21/h2-3,14,19,21H,4-13,15-17H2,1H3/t21-/m1/s1. The number of piperidine rings is 2. The molecule has 2 amide bonds. The van der Waals surface area contributed by atoms with Crippen molar-refractivity contribution in [1.29, 1.82) is 0 Å². The monoisotopic (exact) mass is 459 g/mol. The molecule has 1 spiro atoms. The maximum absolute atomic E-state index is 14.1. The van der Waals surface area contributed by atoms with E-state index in [1.807, 2.05) is 9.80 Å². The van der Waals surface area contributed by atoms with E-state index in [4.69, 9.17) is 9.47 Å². The van der Waals surface area contributed by atoms with Crippen LogP contribution in [0.1, 0.15) is 44.6 Å². The van der Waals surface area contributed by atoms with Crippen LogP contribution >= 0.6 is 0 Å². The molecule has 4 aliphatic heterocycles. The van der Waals surface area contributed by atoms with Crippen molar-refractivity contribution in [3.05, 3.63) is 29.6 Å². The van der Waals surface area contributed by atoms with Crippen molar-refractivity contribution >= 4 is 17.7 Å². The lowest BCUT2D eigenvalue weighted by atomic mass is 9.74. The van der Waals surface area contributed by atoms with Crippen LogP contribution < -0.4 is 4.90 Å². The van der Waals surface area contributed by atoms with Gasteiger partial charge >= 0.3 is 6.09 Å². The maximum atomic E-state index is 14.1. The molecule has 3 fully saturated rings. The van der Waals surface area contributed by atoms with Crippen LogP contribution in [-0.2, 0) is 19.7 Å². The first kappa shape index (κ1) is 22.6. The van der Waals surface area contributed by atoms with Gasteiger partial charge in [-0.15, -0.1) is 0 Å². The van der Waals surface area contributed by atoms with Crippen LogP contribution in [0.2, 0.25) is 0 Å². The number of benzene rings is 1. The molecule has 0 saturated carbocycles. The average molecular weight is 460 g/mol. The van der Waals surface area contributed by atoms with Gasteiger partial charge in [-0.3, -0.25) is 4.79 Å². The summed E-state index contributed by atoms with van der Waals surface area (Å²) in [6, 6.07) is 4.85. The quantitative estimate of drug-likeness (QED) is 0.695. The minimum atomic E-state index is -0.230. The molecule has 0 radical (unpaired) electrons. The molecule has 7 nitrogen and oxygen atoms in total. The molecule has 5 rings (SSSR count). The Bertz CT molecular complexity index is 888. The lowest BCUT2D eigenvalue weighted by molar-refractivity contribution is -0.116. The van der Waals surface area contributed by atoms with Gasteiger partial charge in [-0.05, 0) is 68.5 Å². The summed E-state index contributed by atoms with van der Waals surface area (Å²) in [6.45, 7) is 7.85. The Morgan fingerprint density at radius 2 is 1.91 bits per heavy atom. The van der Waals surface area contributed by atoms with Crippen molar-refractivity contribution in [1.82, 2.24) is 9.80 Å². The molecule has 3 saturated heterocycles. The van der Waals surface area contributed by atoms with Gasteiger partial charge in [0.15, 0.2) is 0 Å². The van der Waals surface area contributed by atoms with E-state index < -0.39 is 0 Å². The van der Waals surface area contributed by atoms with E-state index in [1.54, 1.807) is 19.1 Å². The van der Waals surface area contributed by atoms with Crippen molar-refractivity contribution in [2.24, 2.45) is 5.92 Å². The van der Waals surface area contributed by atoms with Gasteiger partial charge in [-0.2, -0.15) is 0 Å². The highest BCUT2D eigenvalue weighted by Crippen LogP contribution is 2.47. The van der Waals surface area contributed by atoms with Gasteiger partial charge in [0.05, 0.1) is 13.2 Å². The summed E-state index contributed by atoms with van der Waals surface area (Å²) in [5, 5.41) is 0. The minimum absolute atomic E-state index is 0.0212. The number of halogens is 1. The lowest BCUT2D eigenvalue weighted by Gasteiger charge is -2.42. The summed E-state index contributed by atoms with van der Waals surface area (Å²) in [4.78, 5) is 30.7. The first-order valence-electron chi connectivity index (χ1n) is 12.3. The molecular formula is C25H34FN3O4. The molecule has 33 heavy (non-hydrogen) atoms. The number of carbonyl (C=O) groups excluding carboxylic acids is 2. The molecule has 1 aromatic carbocycles. The Morgan fingerprint density at radius 3 is 2.58 bits per heavy atom. The zero-order valence-corrected chi connectivity index (χ0v) is 19.4. The Kier molecular flexibility index (Phi) is 6.31. The Labute approximate surface area is 194 Å². The fourth-order valence-corrected chi connectivity index (χ4v) is 6.00. The SMILES string of the molecule is CC(=O)N1CC2(CCN(CC3CCN(C(=O)O[C@@H]4CCOC4)CC3)CC2)c2cc(F)ccc21. The maximum Gasteiger partial charge on any atom is 0.410 e. The number of ether oxygens (including phenoxy) is 2. The summed E-state index contributed by atoms with van der Waals surface area (Å²) in [6.07, 6.45) is 4.34. The van der Waals surface area contributed by atoms with Gasteiger partial charge in [0.25, 0.3) is 0 Å². The fraction of sp³-hybridized carbons (Fsp3) is 0.680. The van der Waals surface area contributed by atoms with Crippen LogP contribution in [0.5, 0.6) is 0 Å². The second-order valence-corrected chi connectivity index (χ2v) is 10.1. The molecule has 0 N–H and O–H groups in total. The van der Waals surface area contributed by atoms with Gasteiger partial charge in [-0.1, -0.05) is 0 Å². The van der Waals surface area contributed by atoms with Crippen LogP contribution in [0.4, 0.5) is 14.9 Å². The third kappa shape index (κ3) is 4.60. The van der Waals surface area contributed by atoms with Crippen molar-refractivity contribution < 1.29 is 23.5 Å². The van der Waals surface area contributed by atoms with Gasteiger partial charge in [0.1, 0.15) is 11.9 Å². The van der Waals surface area contributed by atoms with Crippen molar-refractivity contribution in [2.75, 3.05) is 57.4 Å². The molecule has 0 unspecified atom stereocenters. The number of likely N-dealkylation sites (tertiary alicyclic amines) is 2. The molecule has 0 bridgehead atoms. The summed E-state index contributed by atoms with van der Waals surface area (Å²) in [7, 11) is 0. The topological polar surface area (TPSA) is 62.3 Å². The Morgan fingerprint density at radius 1 is 1.15 bits per heavy atom. The summed E-state index contributed by atoms with van der Waals surface area (Å²) >= 11 is 0. The first-order chi connectivity index (χ1) is 15.9. The molecule has 0 aliphatic carbocycles. The van der Waals surface area contributed by atoms with Crippen LogP contribution in [0, 0.1) is 11.7 Å². The highest BCUT2D eigenvalue weighted by Gasteiger charge is 2.46. The minimum Gasteiger partial charge on any atom is -0.444 e. The largest absolute Gasteiger partial charge is 0.444 e. The van der Waals surface area contributed by atoms with Gasteiger partial charge in [0.2, 0.25) is 5.91 Å². The number of rotatable bonds is 3. The van der Waals surface area contributed by atoms with Gasteiger partial charge in [0, 0.05) is 50.6 Å². The molecule has 4 aliphatic rings. The van der Waals surface area contributed by atoms with Crippen LogP contribution in [0.15, 0.2) is 18.2 Å². The van der Waals surface area contributed by atoms with E-state index in [2.05, 4.69) is 4.90 Å². The Hall–Kier alpha value is -2.19. The molecular weight excluding hydrogens is 425 g/mol. The zero-order valence-electron chi connectivity index (χ0n) is 19.4. The van der Waals surface area contributed by atoms with Crippen molar-refractivity contribution in [2.45, 2.75) is 50.5 Å². The second-order valence-electron chi connectivity index (χ2n) is 10.1. The normalized spacial score (nSPS) is 25.5. The molecule has 1 aromatic rings. The Balaban J connectivity index is 1.13. The number of hydrogen-bond acceptors (Lipinski definition) is 5. The lowest BCUT2D eigenvalue weighted by Crippen LogP contribution is -2.48. The molecule has 0 aromatic heterocycles. The predicted molar refractivity (Wildman–Crippen MR) is 122 cm³/mol. The highest BCUT2D eigenvalue weighted by molar-refractivity contribution is 5.94. The van der Waals surface area contributed by atoms with Gasteiger partial charge < -0.3 is 24.2 Å². The van der Waals surface area contributed by atoms with E-state index >= 15 is 0 Å². The summed E-state index contributed by atoms with van der Waals surface area (Å²) in [5.74, 6) is 0.361. The van der Waals surface area contributed by atoms with E-state index in [-0.39, 0.29) is 29.3 Å². The van der Waals surface area contributed by atoms with Crippen LogP contribution in [0.25, 0.3) is 0 Å². The predicted octanol–water partition coefficient (Wildman–Crippen LogP) is 3.16. The first-order valence-corrected chi connectivity index (χ1v) is 12.3. The molecule has 4 heterocycles. The third-order valence-corrected chi connectivity index (χ3v) is 8.02. The van der Waals surface area contributed by atoms with Crippen LogP contribution in [0.3, 0.4) is 0 Å². The van der Waals surface area contributed by atoms with E-state index in [1.165, 1.54) is 6.07 Å². The summed E-state index contributed by atoms with van der Waals surface area (Å²) < 4.78 is 24.9. The highest BCUT2D eigenvalue weighted by atomic mass is 19.1. The number of amides is 2. The number of hydrogen-bond donors (Lipinski definition) is 0. The number of anilines is 1. The summed E-state index contributed by atoms with van der Waals surface area (Å²) in [5.41, 5.74) is 1.73. The molecule has 180 valence electrons. The van der Waals surface area contributed by atoms with E-state index in [0.29, 0.717) is 25.7 Å². The smallest absolute Gasteiger partial charge is 0.410 e. The molecule has 8 heteroatoms. The fourth-order valence-electron chi connectivity index (χ4n) is 6.00. The average Bonchev–Trinajstić information content (AvgIpc) is 3.42. The number of nitrogens with zero attached hydrogens (tertiary/aromatic N) is 3. The number of fused-ring (bicyclic) bond motifs is 2. The molecule has 1 atom stereocenters. The third-order valence-electron chi connectivity index (χ3n) is 8.02. The number of carbonyl (C=O) groups is 2. The van der Waals surface area contributed by atoms with Crippen LogP contribution in [-0.4, -0.2) is 80.4 Å². The van der Waals surface area contributed by atoms with Gasteiger partial charge in [-0.25, -0.2) is 9.18 Å². The van der Waals surface area contributed by atoms with Crippen molar-refractivity contribution in [3.8, 4) is 0 Å². The second kappa shape index (κ2) is 9.22.